The zero-order valence-corrected chi connectivity index (χ0v) is 8.22. The van der Waals surface area contributed by atoms with E-state index in [1.54, 1.807) is 11.0 Å². The van der Waals surface area contributed by atoms with Gasteiger partial charge >= 0.3 is 0 Å². The molecule has 1 fully saturated rings. The van der Waals surface area contributed by atoms with Gasteiger partial charge in [-0.05, 0) is 6.07 Å². The highest BCUT2D eigenvalue weighted by Crippen LogP contribution is 2.09. The van der Waals surface area contributed by atoms with Crippen LogP contribution in [0.4, 0.5) is 5.82 Å². The van der Waals surface area contributed by atoms with Gasteiger partial charge in [0.1, 0.15) is 5.82 Å². The SMILES string of the molecule is O=CN1CCN(c2ccc(=O)[nH]n2)CC1. The summed E-state index contributed by atoms with van der Waals surface area (Å²) in [6.45, 7) is 2.89. The van der Waals surface area contributed by atoms with E-state index in [4.69, 9.17) is 0 Å². The second-order valence-corrected chi connectivity index (χ2v) is 3.41. The molecule has 0 spiro atoms. The van der Waals surface area contributed by atoms with Crippen molar-refractivity contribution in [3.8, 4) is 0 Å². The largest absolute Gasteiger partial charge is 0.352 e. The fraction of sp³-hybridized carbons (Fsp3) is 0.444. The summed E-state index contributed by atoms with van der Waals surface area (Å²) in [4.78, 5) is 25.1. The molecule has 1 amide bonds. The minimum absolute atomic E-state index is 0.203. The van der Waals surface area contributed by atoms with Gasteiger partial charge in [0.25, 0.3) is 5.56 Å². The molecule has 1 aliphatic rings. The fourth-order valence-electron chi connectivity index (χ4n) is 1.57. The van der Waals surface area contributed by atoms with Crippen LogP contribution >= 0.6 is 0 Å². The van der Waals surface area contributed by atoms with Crippen LogP contribution in [0.3, 0.4) is 0 Å². The quantitative estimate of drug-likeness (QED) is 0.636. The molecule has 6 heteroatoms. The topological polar surface area (TPSA) is 69.3 Å². The molecule has 1 saturated heterocycles. The van der Waals surface area contributed by atoms with Crippen molar-refractivity contribution in [2.24, 2.45) is 0 Å². The molecule has 0 aliphatic carbocycles. The minimum Gasteiger partial charge on any atom is -0.352 e. The summed E-state index contributed by atoms with van der Waals surface area (Å²) in [5.41, 5.74) is -0.203. The Labute approximate surface area is 86.5 Å². The predicted octanol–water partition coefficient (Wildman–Crippen LogP) is -0.952. The molecule has 1 aliphatic heterocycles. The van der Waals surface area contributed by atoms with Gasteiger partial charge in [0.2, 0.25) is 6.41 Å². The van der Waals surface area contributed by atoms with E-state index >= 15 is 0 Å². The normalized spacial score (nSPS) is 16.5. The molecule has 1 N–H and O–H groups in total. The maximum absolute atomic E-state index is 10.8. The highest BCUT2D eigenvalue weighted by Gasteiger charge is 2.16. The van der Waals surface area contributed by atoms with Crippen molar-refractivity contribution in [2.75, 3.05) is 31.1 Å². The number of rotatable bonds is 2. The summed E-state index contributed by atoms with van der Waals surface area (Å²) in [6, 6.07) is 3.14. The van der Waals surface area contributed by atoms with E-state index in [2.05, 4.69) is 10.2 Å². The molecule has 1 aromatic rings. The Bertz CT molecular complexity index is 375. The number of hydrogen-bond donors (Lipinski definition) is 1. The molecular formula is C9H12N4O2. The van der Waals surface area contributed by atoms with Crippen molar-refractivity contribution in [3.05, 3.63) is 22.5 Å². The zero-order valence-electron chi connectivity index (χ0n) is 8.22. The summed E-state index contributed by atoms with van der Waals surface area (Å²) in [6.07, 6.45) is 0.859. The smallest absolute Gasteiger partial charge is 0.264 e. The molecule has 0 unspecified atom stereocenters. The number of aromatic nitrogens is 2. The molecule has 2 heterocycles. The molecule has 0 radical (unpaired) electrons. The van der Waals surface area contributed by atoms with E-state index in [0.29, 0.717) is 13.1 Å². The van der Waals surface area contributed by atoms with Gasteiger partial charge in [-0.2, -0.15) is 5.10 Å². The second-order valence-electron chi connectivity index (χ2n) is 3.41. The number of anilines is 1. The highest BCUT2D eigenvalue weighted by atomic mass is 16.1. The third-order valence-corrected chi connectivity index (χ3v) is 2.45. The molecular weight excluding hydrogens is 196 g/mol. The number of nitrogens with one attached hydrogen (secondary N) is 1. The first-order valence-electron chi connectivity index (χ1n) is 4.79. The standard InChI is InChI=1S/C9H12N4O2/c14-7-12-3-5-13(6-4-12)8-1-2-9(15)11-10-8/h1-2,7H,3-6H2,(H,11,15). The van der Waals surface area contributed by atoms with Gasteiger partial charge in [0.05, 0.1) is 0 Å². The monoisotopic (exact) mass is 208 g/mol. The molecule has 6 nitrogen and oxygen atoms in total. The highest BCUT2D eigenvalue weighted by molar-refractivity contribution is 5.48. The molecule has 0 atom stereocenters. The van der Waals surface area contributed by atoms with Gasteiger partial charge in [-0.1, -0.05) is 0 Å². The first-order valence-corrected chi connectivity index (χ1v) is 4.79. The van der Waals surface area contributed by atoms with Crippen LogP contribution < -0.4 is 10.5 Å². The van der Waals surface area contributed by atoms with Gasteiger partial charge in [0, 0.05) is 32.2 Å². The van der Waals surface area contributed by atoms with Crippen molar-refractivity contribution in [1.82, 2.24) is 15.1 Å². The lowest BCUT2D eigenvalue weighted by Gasteiger charge is -2.32. The number of amides is 1. The number of nitrogens with zero attached hydrogens (tertiary/aromatic N) is 3. The lowest BCUT2D eigenvalue weighted by molar-refractivity contribution is -0.118. The summed E-state index contributed by atoms with van der Waals surface area (Å²) in [5.74, 6) is 0.750. The Balaban J connectivity index is 2.04. The van der Waals surface area contributed by atoms with Crippen LogP contribution in [0.1, 0.15) is 0 Å². The third kappa shape index (κ3) is 2.15. The lowest BCUT2D eigenvalue weighted by Crippen LogP contribution is -2.46. The van der Waals surface area contributed by atoms with Crippen molar-refractivity contribution < 1.29 is 4.79 Å². The van der Waals surface area contributed by atoms with E-state index in [-0.39, 0.29) is 5.56 Å². The van der Waals surface area contributed by atoms with Gasteiger partial charge in [-0.15, -0.1) is 0 Å². The maximum atomic E-state index is 10.8. The van der Waals surface area contributed by atoms with Gasteiger partial charge in [0.15, 0.2) is 0 Å². The molecule has 0 bridgehead atoms. The molecule has 0 saturated carbocycles. The summed E-state index contributed by atoms with van der Waals surface area (Å²) in [5, 5.41) is 6.33. The van der Waals surface area contributed by atoms with Gasteiger partial charge < -0.3 is 9.80 Å². The van der Waals surface area contributed by atoms with Crippen LogP contribution in [0.15, 0.2) is 16.9 Å². The van der Waals surface area contributed by atoms with Crippen LogP contribution in [0, 0.1) is 0 Å². The van der Waals surface area contributed by atoms with E-state index in [0.717, 1.165) is 25.3 Å². The van der Waals surface area contributed by atoms with Crippen molar-refractivity contribution in [1.29, 1.82) is 0 Å². The maximum Gasteiger partial charge on any atom is 0.264 e. The number of H-pyrrole nitrogens is 1. The fourth-order valence-corrected chi connectivity index (χ4v) is 1.57. The number of carbonyl (C=O) groups excluding carboxylic acids is 1. The van der Waals surface area contributed by atoms with Crippen LogP contribution in [-0.4, -0.2) is 47.7 Å². The summed E-state index contributed by atoms with van der Waals surface area (Å²) < 4.78 is 0. The van der Waals surface area contributed by atoms with E-state index in [9.17, 15) is 9.59 Å². The number of aromatic amines is 1. The summed E-state index contributed by atoms with van der Waals surface area (Å²) >= 11 is 0. The Hall–Kier alpha value is -1.85. The second kappa shape index (κ2) is 4.12. The van der Waals surface area contributed by atoms with Crippen LogP contribution in [0.25, 0.3) is 0 Å². The first kappa shape index (κ1) is 9.70. The van der Waals surface area contributed by atoms with E-state index < -0.39 is 0 Å². The van der Waals surface area contributed by atoms with E-state index in [1.165, 1.54) is 6.07 Å². The zero-order chi connectivity index (χ0) is 10.7. The Morgan fingerprint density at radius 2 is 2.00 bits per heavy atom. The number of piperazine rings is 1. The summed E-state index contributed by atoms with van der Waals surface area (Å²) in [7, 11) is 0. The average Bonchev–Trinajstić information content (AvgIpc) is 2.30. The molecule has 0 aromatic carbocycles. The lowest BCUT2D eigenvalue weighted by atomic mass is 10.3. The Kier molecular flexibility index (Phi) is 2.66. The Morgan fingerprint density at radius 1 is 1.27 bits per heavy atom. The molecule has 2 rings (SSSR count). The molecule has 15 heavy (non-hydrogen) atoms. The van der Waals surface area contributed by atoms with Crippen LogP contribution in [0.2, 0.25) is 0 Å². The van der Waals surface area contributed by atoms with Gasteiger partial charge in [-0.3, -0.25) is 9.59 Å². The van der Waals surface area contributed by atoms with Crippen LogP contribution in [-0.2, 0) is 4.79 Å². The van der Waals surface area contributed by atoms with Crippen molar-refractivity contribution >= 4 is 12.2 Å². The molecule has 80 valence electrons. The van der Waals surface area contributed by atoms with Crippen LogP contribution in [0.5, 0.6) is 0 Å². The average molecular weight is 208 g/mol. The third-order valence-electron chi connectivity index (χ3n) is 2.45. The van der Waals surface area contributed by atoms with E-state index in [1.807, 2.05) is 4.90 Å². The van der Waals surface area contributed by atoms with Crippen molar-refractivity contribution in [3.63, 3.8) is 0 Å². The number of hydrogen-bond acceptors (Lipinski definition) is 4. The predicted molar refractivity (Wildman–Crippen MR) is 54.7 cm³/mol. The molecule has 1 aromatic heterocycles. The van der Waals surface area contributed by atoms with Gasteiger partial charge in [-0.25, -0.2) is 5.10 Å². The number of carbonyl (C=O) groups is 1. The minimum atomic E-state index is -0.203. The first-order chi connectivity index (χ1) is 7.29. The Morgan fingerprint density at radius 3 is 2.53 bits per heavy atom. The van der Waals surface area contributed by atoms with Crippen molar-refractivity contribution in [2.45, 2.75) is 0 Å².